The maximum atomic E-state index is 12.2. The van der Waals surface area contributed by atoms with E-state index in [1.807, 2.05) is 6.92 Å². The molecule has 0 spiro atoms. The summed E-state index contributed by atoms with van der Waals surface area (Å²) in [5.41, 5.74) is 2.45. The molecule has 0 aliphatic rings. The van der Waals surface area contributed by atoms with E-state index in [0.717, 1.165) is 5.56 Å². The zero-order valence-electron chi connectivity index (χ0n) is 11.6. The quantitative estimate of drug-likeness (QED) is 0.903. The second kappa shape index (κ2) is 5.97. The highest BCUT2D eigenvalue weighted by Gasteiger charge is 2.13. The molecule has 0 bridgehead atoms. The van der Waals surface area contributed by atoms with Crippen LogP contribution in [-0.4, -0.2) is 17.0 Å². The van der Waals surface area contributed by atoms with Crippen molar-refractivity contribution in [2.24, 2.45) is 0 Å². The SMILES string of the molecule is Cc1cc(Cl)cc(C(=O)Nc2cccc(C(=O)O)c2C)c1. The second-order valence-corrected chi connectivity index (χ2v) is 5.19. The number of hydrogen-bond acceptors (Lipinski definition) is 2. The number of carbonyl (C=O) groups is 2. The van der Waals surface area contributed by atoms with Crippen LogP contribution in [0.2, 0.25) is 5.02 Å². The van der Waals surface area contributed by atoms with E-state index in [2.05, 4.69) is 5.32 Å². The molecule has 108 valence electrons. The Hall–Kier alpha value is -2.33. The molecule has 0 radical (unpaired) electrons. The number of aryl methyl sites for hydroxylation is 1. The highest BCUT2D eigenvalue weighted by atomic mass is 35.5. The van der Waals surface area contributed by atoms with Gasteiger partial charge in [0.2, 0.25) is 0 Å². The number of nitrogens with one attached hydrogen (secondary N) is 1. The molecule has 4 nitrogen and oxygen atoms in total. The number of aromatic carboxylic acids is 1. The first kappa shape index (κ1) is 15.1. The highest BCUT2D eigenvalue weighted by Crippen LogP contribution is 2.21. The van der Waals surface area contributed by atoms with Gasteiger partial charge in [-0.2, -0.15) is 0 Å². The number of amides is 1. The summed E-state index contributed by atoms with van der Waals surface area (Å²) in [4.78, 5) is 23.3. The number of anilines is 1. The molecule has 0 saturated heterocycles. The van der Waals surface area contributed by atoms with Gasteiger partial charge in [0.25, 0.3) is 5.91 Å². The topological polar surface area (TPSA) is 66.4 Å². The zero-order chi connectivity index (χ0) is 15.6. The van der Waals surface area contributed by atoms with Crippen molar-refractivity contribution in [2.45, 2.75) is 13.8 Å². The highest BCUT2D eigenvalue weighted by molar-refractivity contribution is 6.31. The van der Waals surface area contributed by atoms with Gasteiger partial charge in [-0.05, 0) is 55.3 Å². The number of hydrogen-bond donors (Lipinski definition) is 2. The van der Waals surface area contributed by atoms with E-state index in [9.17, 15) is 9.59 Å². The van der Waals surface area contributed by atoms with Crippen molar-refractivity contribution in [1.82, 2.24) is 0 Å². The van der Waals surface area contributed by atoms with E-state index in [0.29, 0.717) is 21.8 Å². The fourth-order valence-electron chi connectivity index (χ4n) is 2.06. The Labute approximate surface area is 127 Å². The summed E-state index contributed by atoms with van der Waals surface area (Å²) < 4.78 is 0. The Morgan fingerprint density at radius 1 is 1.14 bits per heavy atom. The van der Waals surface area contributed by atoms with E-state index in [-0.39, 0.29) is 11.5 Å². The molecule has 0 aliphatic heterocycles. The molecule has 2 N–H and O–H groups in total. The Balaban J connectivity index is 2.32. The lowest BCUT2D eigenvalue weighted by molar-refractivity contribution is 0.0695. The second-order valence-electron chi connectivity index (χ2n) is 4.75. The summed E-state index contributed by atoms with van der Waals surface area (Å²) >= 11 is 5.94. The molecule has 21 heavy (non-hydrogen) atoms. The predicted molar refractivity (Wildman–Crippen MR) is 82.3 cm³/mol. The lowest BCUT2D eigenvalue weighted by Crippen LogP contribution is -2.14. The first-order valence-corrected chi connectivity index (χ1v) is 6.67. The van der Waals surface area contributed by atoms with Crippen molar-refractivity contribution in [1.29, 1.82) is 0 Å². The first-order chi connectivity index (χ1) is 9.88. The van der Waals surface area contributed by atoms with Crippen molar-refractivity contribution in [3.63, 3.8) is 0 Å². The van der Waals surface area contributed by atoms with Gasteiger partial charge < -0.3 is 10.4 Å². The minimum absolute atomic E-state index is 0.162. The maximum Gasteiger partial charge on any atom is 0.336 e. The minimum atomic E-state index is -1.03. The van der Waals surface area contributed by atoms with Crippen LogP contribution < -0.4 is 5.32 Å². The standard InChI is InChI=1S/C16H14ClNO3/c1-9-6-11(8-12(17)7-9)15(19)18-14-5-3-4-13(10(14)2)16(20)21/h3-8H,1-2H3,(H,18,19)(H,20,21). The van der Waals surface area contributed by atoms with Crippen LogP contribution in [0.4, 0.5) is 5.69 Å². The molecule has 2 aromatic rings. The molecule has 0 fully saturated rings. The third kappa shape index (κ3) is 3.41. The lowest BCUT2D eigenvalue weighted by Gasteiger charge is -2.11. The Bertz CT molecular complexity index is 705. The van der Waals surface area contributed by atoms with Gasteiger partial charge in [0.1, 0.15) is 0 Å². The molecule has 1 amide bonds. The molecule has 2 rings (SSSR count). The molecule has 0 saturated carbocycles. The summed E-state index contributed by atoms with van der Waals surface area (Å²) in [6.07, 6.45) is 0. The Morgan fingerprint density at radius 3 is 2.48 bits per heavy atom. The number of carboxylic acids is 1. The summed E-state index contributed by atoms with van der Waals surface area (Å²) in [7, 11) is 0. The van der Waals surface area contributed by atoms with Crippen LogP contribution in [0.3, 0.4) is 0 Å². The number of halogens is 1. The lowest BCUT2D eigenvalue weighted by atomic mass is 10.1. The minimum Gasteiger partial charge on any atom is -0.478 e. The average molecular weight is 304 g/mol. The molecule has 0 unspecified atom stereocenters. The van der Waals surface area contributed by atoms with Gasteiger partial charge in [-0.15, -0.1) is 0 Å². The third-order valence-electron chi connectivity index (χ3n) is 3.12. The monoisotopic (exact) mass is 303 g/mol. The van der Waals surface area contributed by atoms with Crippen molar-refractivity contribution in [3.05, 3.63) is 63.7 Å². The van der Waals surface area contributed by atoms with Crippen molar-refractivity contribution in [2.75, 3.05) is 5.32 Å². The zero-order valence-corrected chi connectivity index (χ0v) is 12.4. The molecule has 0 atom stereocenters. The van der Waals surface area contributed by atoms with E-state index in [1.54, 1.807) is 37.3 Å². The van der Waals surface area contributed by atoms with Gasteiger partial charge in [-0.25, -0.2) is 4.79 Å². The maximum absolute atomic E-state index is 12.2. The number of carboxylic acid groups (broad SMARTS) is 1. The summed E-state index contributed by atoms with van der Waals surface area (Å²) in [5, 5.41) is 12.3. The third-order valence-corrected chi connectivity index (χ3v) is 3.33. The number of benzene rings is 2. The molecule has 0 aromatic heterocycles. The molecular weight excluding hydrogens is 290 g/mol. The van der Waals surface area contributed by atoms with Crippen LogP contribution in [0.15, 0.2) is 36.4 Å². The molecule has 5 heteroatoms. The molecule has 2 aromatic carbocycles. The summed E-state index contributed by atoms with van der Waals surface area (Å²) in [5.74, 6) is -1.35. The summed E-state index contributed by atoms with van der Waals surface area (Å²) in [6.45, 7) is 3.50. The molecular formula is C16H14ClNO3. The van der Waals surface area contributed by atoms with E-state index in [1.165, 1.54) is 6.07 Å². The van der Waals surface area contributed by atoms with Crippen LogP contribution in [0, 0.1) is 13.8 Å². The fourth-order valence-corrected chi connectivity index (χ4v) is 2.35. The van der Waals surface area contributed by atoms with Crippen molar-refractivity contribution < 1.29 is 14.7 Å². The van der Waals surface area contributed by atoms with Gasteiger partial charge in [-0.1, -0.05) is 17.7 Å². The Morgan fingerprint density at radius 2 is 1.86 bits per heavy atom. The van der Waals surface area contributed by atoms with E-state index in [4.69, 9.17) is 16.7 Å². The van der Waals surface area contributed by atoms with Crippen molar-refractivity contribution in [3.8, 4) is 0 Å². The number of rotatable bonds is 3. The Kier molecular flexibility index (Phi) is 4.29. The van der Waals surface area contributed by atoms with E-state index < -0.39 is 5.97 Å². The van der Waals surface area contributed by atoms with Crippen LogP contribution in [-0.2, 0) is 0 Å². The van der Waals surface area contributed by atoms with Gasteiger partial charge >= 0.3 is 5.97 Å². The average Bonchev–Trinajstić information content (AvgIpc) is 2.39. The van der Waals surface area contributed by atoms with Gasteiger partial charge in [-0.3, -0.25) is 4.79 Å². The van der Waals surface area contributed by atoms with Crippen LogP contribution in [0.5, 0.6) is 0 Å². The van der Waals surface area contributed by atoms with Crippen molar-refractivity contribution >= 4 is 29.2 Å². The van der Waals surface area contributed by atoms with Gasteiger partial charge in [0, 0.05) is 16.3 Å². The summed E-state index contributed by atoms with van der Waals surface area (Å²) in [6, 6.07) is 9.80. The fraction of sp³-hybridized carbons (Fsp3) is 0.125. The first-order valence-electron chi connectivity index (χ1n) is 6.30. The normalized spacial score (nSPS) is 10.2. The number of carbonyl (C=O) groups excluding carboxylic acids is 1. The molecule has 0 aliphatic carbocycles. The van der Waals surface area contributed by atoms with Crippen LogP contribution >= 0.6 is 11.6 Å². The predicted octanol–water partition coefficient (Wildman–Crippen LogP) is 3.91. The van der Waals surface area contributed by atoms with Crippen LogP contribution in [0.25, 0.3) is 0 Å². The largest absolute Gasteiger partial charge is 0.478 e. The van der Waals surface area contributed by atoms with E-state index >= 15 is 0 Å². The molecule has 0 heterocycles. The van der Waals surface area contributed by atoms with Gasteiger partial charge in [0.15, 0.2) is 0 Å². The van der Waals surface area contributed by atoms with Crippen LogP contribution in [0.1, 0.15) is 31.8 Å². The van der Waals surface area contributed by atoms with Gasteiger partial charge in [0.05, 0.1) is 5.56 Å². The smallest absolute Gasteiger partial charge is 0.336 e.